The summed E-state index contributed by atoms with van der Waals surface area (Å²) in [5.74, 6) is -0.240. The number of hydrogen-bond donors (Lipinski definition) is 1. The van der Waals surface area contributed by atoms with Crippen LogP contribution in [0.15, 0.2) is 54.6 Å². The summed E-state index contributed by atoms with van der Waals surface area (Å²) in [7, 11) is 0. The van der Waals surface area contributed by atoms with Crippen molar-refractivity contribution >= 4 is 28.9 Å². The molecule has 5 nitrogen and oxygen atoms in total. The molecular formula is C22H23ClN4O. The van der Waals surface area contributed by atoms with Gasteiger partial charge >= 0.3 is 0 Å². The second kappa shape index (κ2) is 8.07. The van der Waals surface area contributed by atoms with Gasteiger partial charge in [-0.15, -0.1) is 0 Å². The number of rotatable bonds is 5. The minimum Gasteiger partial charge on any atom is -0.372 e. The quantitative estimate of drug-likeness (QED) is 0.679. The maximum Gasteiger partial charge on any atom is 0.260 e. The lowest BCUT2D eigenvalue weighted by Gasteiger charge is -2.17. The molecule has 144 valence electrons. The van der Waals surface area contributed by atoms with E-state index in [1.165, 1.54) is 18.5 Å². The van der Waals surface area contributed by atoms with Crippen LogP contribution < -0.4 is 10.2 Å². The number of anilines is 2. The van der Waals surface area contributed by atoms with Crippen molar-refractivity contribution in [3.05, 3.63) is 76.6 Å². The summed E-state index contributed by atoms with van der Waals surface area (Å²) >= 11 is 6.48. The zero-order chi connectivity index (χ0) is 19.5. The minimum atomic E-state index is -0.240. The molecule has 0 aliphatic carbocycles. The number of carbonyl (C=O) groups is 1. The number of amides is 1. The highest BCUT2D eigenvalue weighted by atomic mass is 35.5. The molecule has 28 heavy (non-hydrogen) atoms. The number of halogens is 1. The van der Waals surface area contributed by atoms with E-state index < -0.39 is 0 Å². The van der Waals surface area contributed by atoms with Crippen LogP contribution in [0.3, 0.4) is 0 Å². The van der Waals surface area contributed by atoms with Gasteiger partial charge in [-0.1, -0.05) is 41.9 Å². The Balaban J connectivity index is 1.48. The third-order valence-electron chi connectivity index (χ3n) is 5.06. The fourth-order valence-corrected chi connectivity index (χ4v) is 3.92. The van der Waals surface area contributed by atoms with Gasteiger partial charge < -0.3 is 10.2 Å². The number of benzene rings is 2. The molecule has 1 saturated heterocycles. The Labute approximate surface area is 169 Å². The average Bonchev–Trinajstić information content (AvgIpc) is 3.32. The Kier molecular flexibility index (Phi) is 5.35. The molecule has 0 radical (unpaired) electrons. The lowest BCUT2D eigenvalue weighted by atomic mass is 10.2. The molecule has 1 aliphatic heterocycles. The van der Waals surface area contributed by atoms with Crippen molar-refractivity contribution in [3.8, 4) is 0 Å². The Morgan fingerprint density at radius 2 is 1.75 bits per heavy atom. The van der Waals surface area contributed by atoms with E-state index in [1.807, 2.05) is 54.6 Å². The second-order valence-electron chi connectivity index (χ2n) is 7.09. The van der Waals surface area contributed by atoms with Crippen LogP contribution in [0.4, 0.5) is 11.4 Å². The first-order chi connectivity index (χ1) is 13.6. The maximum atomic E-state index is 12.8. The summed E-state index contributed by atoms with van der Waals surface area (Å²) in [6.07, 6.45) is 2.48. The molecule has 0 atom stereocenters. The summed E-state index contributed by atoms with van der Waals surface area (Å²) in [5, 5.41) is 7.75. The molecule has 1 N–H and O–H groups in total. The fraction of sp³-hybridized carbons (Fsp3) is 0.273. The predicted molar refractivity (Wildman–Crippen MR) is 113 cm³/mol. The first-order valence-corrected chi connectivity index (χ1v) is 9.93. The van der Waals surface area contributed by atoms with Gasteiger partial charge in [0, 0.05) is 24.5 Å². The highest BCUT2D eigenvalue weighted by molar-refractivity contribution is 6.33. The first kappa shape index (κ1) is 18.6. The van der Waals surface area contributed by atoms with Crippen molar-refractivity contribution in [3.63, 3.8) is 0 Å². The molecule has 0 unspecified atom stereocenters. The smallest absolute Gasteiger partial charge is 0.260 e. The predicted octanol–water partition coefficient (Wildman–Crippen LogP) is 4.75. The summed E-state index contributed by atoms with van der Waals surface area (Å²) in [6, 6.07) is 17.9. The van der Waals surface area contributed by atoms with Gasteiger partial charge in [0.15, 0.2) is 0 Å². The van der Waals surface area contributed by atoms with Crippen LogP contribution in [0.2, 0.25) is 5.15 Å². The topological polar surface area (TPSA) is 50.2 Å². The molecule has 2 aromatic carbocycles. The largest absolute Gasteiger partial charge is 0.372 e. The lowest BCUT2D eigenvalue weighted by Crippen LogP contribution is -2.17. The van der Waals surface area contributed by atoms with Crippen molar-refractivity contribution in [2.45, 2.75) is 26.3 Å². The van der Waals surface area contributed by atoms with Gasteiger partial charge in [0.2, 0.25) is 0 Å². The van der Waals surface area contributed by atoms with Crippen LogP contribution in [-0.4, -0.2) is 28.8 Å². The minimum absolute atomic E-state index is 0.240. The van der Waals surface area contributed by atoms with Crippen LogP contribution in [0, 0.1) is 6.92 Å². The van der Waals surface area contributed by atoms with E-state index in [-0.39, 0.29) is 5.91 Å². The fourth-order valence-electron chi connectivity index (χ4n) is 3.60. The standard InChI is InChI=1S/C22H23ClN4O/c1-16-20(21(23)27(25-16)15-17-7-3-2-4-8-17)22(28)24-18-9-11-19(12-10-18)26-13-5-6-14-26/h2-4,7-12H,5-6,13-15H2,1H3,(H,24,28). The molecule has 6 heteroatoms. The molecule has 1 fully saturated rings. The van der Waals surface area contributed by atoms with Crippen molar-refractivity contribution in [2.75, 3.05) is 23.3 Å². The highest BCUT2D eigenvalue weighted by Gasteiger charge is 2.21. The number of aryl methyl sites for hydroxylation is 1. The summed E-state index contributed by atoms with van der Waals surface area (Å²) < 4.78 is 1.66. The molecule has 3 aromatic rings. The van der Waals surface area contributed by atoms with Crippen LogP contribution >= 0.6 is 11.6 Å². The maximum absolute atomic E-state index is 12.8. The molecule has 2 heterocycles. The number of nitrogens with one attached hydrogen (secondary N) is 1. The summed E-state index contributed by atoms with van der Waals surface area (Å²) in [4.78, 5) is 15.2. The summed E-state index contributed by atoms with van der Waals surface area (Å²) in [5.41, 5.74) is 4.06. The Morgan fingerprint density at radius 3 is 2.43 bits per heavy atom. The van der Waals surface area contributed by atoms with Crippen LogP contribution in [0.5, 0.6) is 0 Å². The third kappa shape index (κ3) is 3.90. The van der Waals surface area contributed by atoms with E-state index in [0.717, 1.165) is 24.3 Å². The number of aromatic nitrogens is 2. The molecule has 0 spiro atoms. The monoisotopic (exact) mass is 394 g/mol. The number of nitrogens with zero attached hydrogens (tertiary/aromatic N) is 3. The van der Waals surface area contributed by atoms with Gasteiger partial charge in [-0.3, -0.25) is 4.79 Å². The normalized spacial score (nSPS) is 13.7. The first-order valence-electron chi connectivity index (χ1n) is 9.55. The van der Waals surface area contributed by atoms with Crippen LogP contribution in [0.25, 0.3) is 0 Å². The summed E-state index contributed by atoms with van der Waals surface area (Å²) in [6.45, 7) is 4.53. The van der Waals surface area contributed by atoms with Crippen LogP contribution in [-0.2, 0) is 6.54 Å². The third-order valence-corrected chi connectivity index (χ3v) is 5.45. The second-order valence-corrected chi connectivity index (χ2v) is 7.45. The van der Waals surface area contributed by atoms with E-state index in [1.54, 1.807) is 11.6 Å². The van der Waals surface area contributed by atoms with Gasteiger partial charge in [0.05, 0.1) is 17.8 Å². The Morgan fingerprint density at radius 1 is 1.07 bits per heavy atom. The molecule has 1 aromatic heterocycles. The van der Waals surface area contributed by atoms with E-state index in [4.69, 9.17) is 11.6 Å². The van der Waals surface area contributed by atoms with E-state index in [2.05, 4.69) is 15.3 Å². The van der Waals surface area contributed by atoms with E-state index in [0.29, 0.717) is 23.0 Å². The molecule has 0 bridgehead atoms. The van der Waals surface area contributed by atoms with Crippen molar-refractivity contribution in [1.29, 1.82) is 0 Å². The molecule has 4 rings (SSSR count). The lowest BCUT2D eigenvalue weighted by molar-refractivity contribution is 0.102. The van der Waals surface area contributed by atoms with Gasteiger partial charge in [-0.2, -0.15) is 5.10 Å². The zero-order valence-electron chi connectivity index (χ0n) is 15.9. The molecule has 1 amide bonds. The average molecular weight is 395 g/mol. The Hall–Kier alpha value is -2.79. The van der Waals surface area contributed by atoms with Gasteiger partial charge in [-0.25, -0.2) is 4.68 Å². The number of hydrogen-bond acceptors (Lipinski definition) is 3. The van der Waals surface area contributed by atoms with E-state index in [9.17, 15) is 4.79 Å². The van der Waals surface area contributed by atoms with Gasteiger partial charge in [0.25, 0.3) is 5.91 Å². The zero-order valence-corrected chi connectivity index (χ0v) is 16.6. The SMILES string of the molecule is Cc1nn(Cc2ccccc2)c(Cl)c1C(=O)Nc1ccc(N2CCCC2)cc1. The van der Waals surface area contributed by atoms with Crippen molar-refractivity contribution in [2.24, 2.45) is 0 Å². The number of carbonyl (C=O) groups excluding carboxylic acids is 1. The Bertz CT molecular complexity index is 960. The van der Waals surface area contributed by atoms with Crippen LogP contribution in [0.1, 0.15) is 34.5 Å². The van der Waals surface area contributed by atoms with Gasteiger partial charge in [0.1, 0.15) is 5.15 Å². The van der Waals surface area contributed by atoms with Gasteiger partial charge in [-0.05, 0) is 49.6 Å². The molecule has 1 aliphatic rings. The van der Waals surface area contributed by atoms with Crippen molar-refractivity contribution in [1.82, 2.24) is 9.78 Å². The van der Waals surface area contributed by atoms with E-state index >= 15 is 0 Å². The van der Waals surface area contributed by atoms with Crippen molar-refractivity contribution < 1.29 is 4.79 Å². The highest BCUT2D eigenvalue weighted by Crippen LogP contribution is 2.25. The molecule has 0 saturated carbocycles. The molecular weight excluding hydrogens is 372 g/mol.